The van der Waals surface area contributed by atoms with Gasteiger partial charge in [0.15, 0.2) is 17.5 Å². The lowest BCUT2D eigenvalue weighted by molar-refractivity contribution is 0.350. The van der Waals surface area contributed by atoms with Gasteiger partial charge in [0.25, 0.3) is 0 Å². The normalized spacial score (nSPS) is 16.3. The lowest BCUT2D eigenvalue weighted by Gasteiger charge is -2.37. The van der Waals surface area contributed by atoms with Crippen molar-refractivity contribution in [3.8, 4) is 78.7 Å². The molecule has 0 bridgehead atoms. The molecule has 2 spiro atoms. The molecule has 4 aliphatic carbocycles. The van der Waals surface area contributed by atoms with Crippen LogP contribution in [0.25, 0.3) is 98.8 Å². The number of thiophene rings is 1. The molecule has 0 unspecified atom stereocenters. The van der Waals surface area contributed by atoms with Crippen LogP contribution in [0.15, 0.2) is 176 Å². The predicted octanol–water partition coefficient (Wildman–Crippen LogP) is 17.0. The van der Waals surface area contributed by atoms with E-state index in [0.717, 1.165) is 22.3 Å². The van der Waals surface area contributed by atoms with Gasteiger partial charge in [-0.3, -0.25) is 0 Å². The van der Waals surface area contributed by atoms with Crippen LogP contribution in [-0.4, -0.2) is 15.0 Å². The summed E-state index contributed by atoms with van der Waals surface area (Å²) >= 11 is 1.83. The highest BCUT2D eigenvalue weighted by Gasteiger charge is 2.49. The van der Waals surface area contributed by atoms with Crippen molar-refractivity contribution in [2.45, 2.75) is 75.0 Å². The third-order valence-corrected chi connectivity index (χ3v) is 17.4. The van der Waals surface area contributed by atoms with Gasteiger partial charge in [-0.05, 0) is 129 Å². The van der Waals surface area contributed by atoms with Gasteiger partial charge in [-0.1, -0.05) is 178 Å². The van der Waals surface area contributed by atoms with E-state index in [1.54, 1.807) is 22.3 Å². The Hall–Kier alpha value is -7.01. The molecular formula is C63H49N3S. The quantitative estimate of drug-likeness (QED) is 0.173. The van der Waals surface area contributed by atoms with Crippen molar-refractivity contribution in [1.29, 1.82) is 0 Å². The van der Waals surface area contributed by atoms with Crippen LogP contribution in [0.3, 0.4) is 0 Å². The maximum Gasteiger partial charge on any atom is 0.165 e. The molecule has 0 aliphatic heterocycles. The van der Waals surface area contributed by atoms with Gasteiger partial charge in [0.05, 0.1) is 0 Å². The highest BCUT2D eigenvalue weighted by Crippen LogP contribution is 2.62. The second-order valence-corrected chi connectivity index (χ2v) is 20.7. The molecule has 2 heterocycles. The zero-order valence-electron chi connectivity index (χ0n) is 37.6. The van der Waals surface area contributed by atoms with E-state index in [0.29, 0.717) is 17.5 Å². The van der Waals surface area contributed by atoms with Crippen LogP contribution < -0.4 is 0 Å². The first-order valence-electron chi connectivity index (χ1n) is 24.5. The molecule has 0 saturated heterocycles. The summed E-state index contributed by atoms with van der Waals surface area (Å²) in [5.41, 5.74) is 20.4. The fraction of sp³-hybridized carbons (Fsp3) is 0.190. The number of hydrogen-bond acceptors (Lipinski definition) is 4. The topological polar surface area (TPSA) is 38.7 Å². The van der Waals surface area contributed by atoms with Crippen LogP contribution in [0.1, 0.15) is 86.5 Å². The molecule has 14 rings (SSSR count). The monoisotopic (exact) mass is 879 g/mol. The Kier molecular flexibility index (Phi) is 8.93. The summed E-state index contributed by atoms with van der Waals surface area (Å²) < 4.78 is 2.46. The second-order valence-electron chi connectivity index (χ2n) is 19.6. The summed E-state index contributed by atoms with van der Waals surface area (Å²) in [6.45, 7) is 0. The number of aromatic nitrogens is 3. The molecule has 0 atom stereocenters. The summed E-state index contributed by atoms with van der Waals surface area (Å²) in [4.78, 5) is 15.5. The molecule has 322 valence electrons. The Labute approximate surface area is 396 Å². The van der Waals surface area contributed by atoms with E-state index in [1.807, 2.05) is 29.5 Å². The number of fused-ring (bicyclic) bond motifs is 13. The first-order valence-corrected chi connectivity index (χ1v) is 25.3. The zero-order chi connectivity index (χ0) is 44.1. The van der Waals surface area contributed by atoms with E-state index < -0.39 is 0 Å². The molecule has 0 radical (unpaired) electrons. The minimum Gasteiger partial charge on any atom is -0.208 e. The highest BCUT2D eigenvalue weighted by molar-refractivity contribution is 7.26. The molecule has 0 amide bonds. The number of benzene rings is 8. The number of hydrogen-bond donors (Lipinski definition) is 0. The first kappa shape index (κ1) is 39.2. The Balaban J connectivity index is 0.870. The van der Waals surface area contributed by atoms with Gasteiger partial charge >= 0.3 is 0 Å². The Morgan fingerprint density at radius 1 is 0.313 bits per heavy atom. The average Bonchev–Trinajstić information content (AvgIpc) is 4.00. The van der Waals surface area contributed by atoms with Gasteiger partial charge in [-0.25, -0.2) is 15.0 Å². The van der Waals surface area contributed by atoms with E-state index in [9.17, 15) is 0 Å². The smallest absolute Gasteiger partial charge is 0.165 e. The Morgan fingerprint density at radius 2 is 0.806 bits per heavy atom. The van der Waals surface area contributed by atoms with E-state index in [2.05, 4.69) is 158 Å². The van der Waals surface area contributed by atoms with Crippen molar-refractivity contribution in [3.05, 3.63) is 198 Å². The van der Waals surface area contributed by atoms with Crippen LogP contribution in [0.2, 0.25) is 0 Å². The predicted molar refractivity (Wildman–Crippen MR) is 278 cm³/mol. The van der Waals surface area contributed by atoms with Crippen molar-refractivity contribution in [2.24, 2.45) is 0 Å². The molecule has 2 aromatic heterocycles. The SMILES string of the molecule is c1ccc(-c2ccc(-c3nc(-c4ccccc4)nc(-c4cccc5c4sc4ccc(-c6ccc7c(c6)C6(CCCCC6)c6cc8c(cc6-7)C6(CCCCC6)c6ccccc6-8)cc45)n3)cc2)cc1. The lowest BCUT2D eigenvalue weighted by Crippen LogP contribution is -2.29. The first-order chi connectivity index (χ1) is 33.1. The van der Waals surface area contributed by atoms with Gasteiger partial charge in [-0.2, -0.15) is 0 Å². The van der Waals surface area contributed by atoms with Gasteiger partial charge in [-0.15, -0.1) is 11.3 Å². The molecule has 2 fully saturated rings. The third-order valence-electron chi connectivity index (χ3n) is 16.1. The molecule has 8 aromatic carbocycles. The molecule has 67 heavy (non-hydrogen) atoms. The maximum absolute atomic E-state index is 5.22. The summed E-state index contributed by atoms with van der Waals surface area (Å²) in [5, 5.41) is 2.51. The van der Waals surface area contributed by atoms with E-state index in [1.165, 1.54) is 123 Å². The molecule has 3 nitrogen and oxygen atoms in total. The van der Waals surface area contributed by atoms with Crippen LogP contribution in [0.4, 0.5) is 0 Å². The lowest BCUT2D eigenvalue weighted by atomic mass is 9.66. The summed E-state index contributed by atoms with van der Waals surface area (Å²) in [6, 6.07) is 65.4. The van der Waals surface area contributed by atoms with Crippen molar-refractivity contribution in [3.63, 3.8) is 0 Å². The second kappa shape index (κ2) is 15.3. The minimum absolute atomic E-state index is 0.0607. The fourth-order valence-electron chi connectivity index (χ4n) is 12.9. The van der Waals surface area contributed by atoms with Gasteiger partial charge in [0.2, 0.25) is 0 Å². The van der Waals surface area contributed by atoms with Crippen LogP contribution in [0, 0.1) is 0 Å². The fourth-order valence-corrected chi connectivity index (χ4v) is 14.1. The number of rotatable bonds is 5. The zero-order valence-corrected chi connectivity index (χ0v) is 38.4. The van der Waals surface area contributed by atoms with Crippen LogP contribution in [-0.2, 0) is 10.8 Å². The molecule has 4 heteroatoms. The minimum atomic E-state index is 0.0607. The van der Waals surface area contributed by atoms with Gasteiger partial charge in [0, 0.05) is 47.7 Å². The van der Waals surface area contributed by atoms with Gasteiger partial charge < -0.3 is 0 Å². The summed E-state index contributed by atoms with van der Waals surface area (Å²) in [7, 11) is 0. The van der Waals surface area contributed by atoms with Gasteiger partial charge in [0.1, 0.15) is 0 Å². The van der Waals surface area contributed by atoms with E-state index in [-0.39, 0.29) is 10.8 Å². The van der Waals surface area contributed by atoms with Crippen molar-refractivity contribution < 1.29 is 0 Å². The standard InChI is InChI=1S/C63H49N3S/c1-5-16-40(17-6-1)41-24-26-43(27-25-41)60-64-59(42-18-7-2-8-19-42)65-61(66-60)49-22-15-21-48-52-36-44(29-31-57(52)67-58(48)49)45-28-30-47-51-39-55-50(38-56(51)63(54(47)37-45)34-13-4-14-35-63)46-20-9-10-23-53(46)62(55)32-11-3-12-33-62/h1-2,5-10,15-31,36-39H,3-4,11-14,32-35H2. The van der Waals surface area contributed by atoms with Crippen molar-refractivity contribution in [2.75, 3.05) is 0 Å². The van der Waals surface area contributed by atoms with E-state index in [4.69, 9.17) is 15.0 Å². The Bertz CT molecular complexity index is 3580. The highest BCUT2D eigenvalue weighted by atomic mass is 32.1. The van der Waals surface area contributed by atoms with Crippen molar-refractivity contribution >= 4 is 31.5 Å². The maximum atomic E-state index is 5.22. The third kappa shape index (κ3) is 6.05. The molecule has 4 aliphatic rings. The molecule has 0 N–H and O–H groups in total. The average molecular weight is 880 g/mol. The summed E-state index contributed by atoms with van der Waals surface area (Å²) in [5.74, 6) is 2.03. The largest absolute Gasteiger partial charge is 0.208 e. The van der Waals surface area contributed by atoms with Crippen LogP contribution in [0.5, 0.6) is 0 Å². The van der Waals surface area contributed by atoms with Crippen LogP contribution >= 0.6 is 11.3 Å². The van der Waals surface area contributed by atoms with E-state index >= 15 is 0 Å². The molecule has 10 aromatic rings. The molecule has 2 saturated carbocycles. The van der Waals surface area contributed by atoms with Crippen molar-refractivity contribution in [1.82, 2.24) is 15.0 Å². The Morgan fingerprint density at radius 3 is 1.51 bits per heavy atom. The molecular weight excluding hydrogens is 831 g/mol. The number of nitrogens with zero attached hydrogens (tertiary/aromatic N) is 3. The summed E-state index contributed by atoms with van der Waals surface area (Å²) in [6.07, 6.45) is 12.9.